The zero-order valence-electron chi connectivity index (χ0n) is 16.4. The van der Waals surface area contributed by atoms with E-state index in [1.807, 2.05) is 18.5 Å². The molecular formula is C28H15BrN2. The van der Waals surface area contributed by atoms with Gasteiger partial charge in [0.05, 0.1) is 11.0 Å². The molecule has 0 saturated heterocycles. The van der Waals surface area contributed by atoms with Gasteiger partial charge in [-0.05, 0) is 85.9 Å². The molecule has 0 atom stereocenters. The highest BCUT2D eigenvalue weighted by Gasteiger charge is 2.15. The highest BCUT2D eigenvalue weighted by molar-refractivity contribution is 9.10. The molecule has 2 heterocycles. The van der Waals surface area contributed by atoms with Crippen LogP contribution in [0, 0.1) is 0 Å². The molecule has 0 spiro atoms. The van der Waals surface area contributed by atoms with Crippen LogP contribution in [-0.4, -0.2) is 9.97 Å². The van der Waals surface area contributed by atoms with E-state index >= 15 is 0 Å². The topological polar surface area (TPSA) is 25.8 Å². The second-order valence-corrected chi connectivity index (χ2v) is 8.92. The van der Waals surface area contributed by atoms with Crippen LogP contribution in [0.2, 0.25) is 0 Å². The lowest BCUT2D eigenvalue weighted by Gasteiger charge is -2.16. The van der Waals surface area contributed by atoms with Gasteiger partial charge >= 0.3 is 0 Å². The van der Waals surface area contributed by atoms with Gasteiger partial charge in [0.15, 0.2) is 0 Å². The van der Waals surface area contributed by atoms with Crippen LogP contribution in [-0.2, 0) is 0 Å². The SMILES string of the molecule is Brc1cc2ccc3ccc(-c4ccnc5c4ccc4ncccc45)c4ccc(c1)c2c34. The van der Waals surface area contributed by atoms with Gasteiger partial charge in [-0.3, -0.25) is 9.97 Å². The fourth-order valence-corrected chi connectivity index (χ4v) is 5.51. The van der Waals surface area contributed by atoms with E-state index in [1.165, 1.54) is 43.4 Å². The first-order chi connectivity index (χ1) is 15.3. The summed E-state index contributed by atoms with van der Waals surface area (Å²) in [6.45, 7) is 0. The van der Waals surface area contributed by atoms with Crippen molar-refractivity contribution in [2.45, 2.75) is 0 Å². The highest BCUT2D eigenvalue weighted by atomic mass is 79.9. The van der Waals surface area contributed by atoms with E-state index in [0.29, 0.717) is 0 Å². The Morgan fingerprint density at radius 3 is 2.19 bits per heavy atom. The van der Waals surface area contributed by atoms with Gasteiger partial charge in [-0.25, -0.2) is 0 Å². The summed E-state index contributed by atoms with van der Waals surface area (Å²) in [6, 6.07) is 28.3. The molecule has 2 nitrogen and oxygen atoms in total. The number of fused-ring (bicyclic) bond motifs is 3. The van der Waals surface area contributed by atoms with E-state index in [-0.39, 0.29) is 0 Å². The summed E-state index contributed by atoms with van der Waals surface area (Å²) in [4.78, 5) is 9.22. The van der Waals surface area contributed by atoms with Crippen molar-refractivity contribution in [3.8, 4) is 11.1 Å². The number of nitrogens with zero attached hydrogens (tertiary/aromatic N) is 2. The van der Waals surface area contributed by atoms with Crippen molar-refractivity contribution in [3.63, 3.8) is 0 Å². The molecule has 5 aromatic carbocycles. The molecule has 0 aliphatic rings. The Balaban J connectivity index is 1.63. The Labute approximate surface area is 186 Å². The van der Waals surface area contributed by atoms with Crippen LogP contribution in [0.25, 0.3) is 65.3 Å². The van der Waals surface area contributed by atoms with E-state index in [9.17, 15) is 0 Å². The van der Waals surface area contributed by atoms with Gasteiger partial charge in [0.2, 0.25) is 0 Å². The summed E-state index contributed by atoms with van der Waals surface area (Å²) in [7, 11) is 0. The summed E-state index contributed by atoms with van der Waals surface area (Å²) in [5.41, 5.74) is 4.41. The third kappa shape index (κ3) is 2.38. The maximum Gasteiger partial charge on any atom is 0.0802 e. The lowest BCUT2D eigenvalue weighted by atomic mass is 9.89. The second kappa shape index (κ2) is 6.22. The molecule has 144 valence electrons. The number of pyridine rings is 2. The summed E-state index contributed by atoms with van der Waals surface area (Å²) < 4.78 is 1.11. The van der Waals surface area contributed by atoms with Gasteiger partial charge in [-0.1, -0.05) is 52.3 Å². The number of hydrogen-bond acceptors (Lipinski definition) is 2. The first-order valence-corrected chi connectivity index (χ1v) is 11.1. The number of benzene rings is 5. The molecule has 7 rings (SSSR count). The van der Waals surface area contributed by atoms with Crippen molar-refractivity contribution in [1.29, 1.82) is 0 Å². The van der Waals surface area contributed by atoms with Crippen molar-refractivity contribution in [3.05, 3.63) is 95.7 Å². The molecule has 0 amide bonds. The largest absolute Gasteiger partial charge is 0.256 e. The minimum Gasteiger partial charge on any atom is -0.256 e. The van der Waals surface area contributed by atoms with Crippen LogP contribution in [0.15, 0.2) is 95.7 Å². The quantitative estimate of drug-likeness (QED) is 0.232. The maximum atomic E-state index is 4.72. The van der Waals surface area contributed by atoms with Crippen molar-refractivity contribution < 1.29 is 0 Å². The maximum absolute atomic E-state index is 4.72. The standard InChI is InChI=1S/C28H15BrN2/c29-19-14-17-4-3-16-5-7-20(22-8-6-18(15-19)26(17)27(16)22)21-11-13-31-28-23(21)9-10-25-24(28)2-1-12-30-25/h1-15H. The first-order valence-electron chi connectivity index (χ1n) is 10.3. The fraction of sp³-hybridized carbons (Fsp3) is 0. The van der Waals surface area contributed by atoms with E-state index in [1.54, 1.807) is 0 Å². The summed E-state index contributed by atoms with van der Waals surface area (Å²) in [5, 5.41) is 9.96. The van der Waals surface area contributed by atoms with Crippen LogP contribution in [0.5, 0.6) is 0 Å². The van der Waals surface area contributed by atoms with Crippen molar-refractivity contribution in [2.75, 3.05) is 0 Å². The molecule has 2 aromatic heterocycles. The van der Waals surface area contributed by atoms with Gasteiger partial charge in [0, 0.05) is 27.6 Å². The van der Waals surface area contributed by atoms with Crippen LogP contribution in [0.1, 0.15) is 0 Å². The van der Waals surface area contributed by atoms with Gasteiger partial charge in [-0.15, -0.1) is 0 Å². The molecule has 0 unspecified atom stereocenters. The van der Waals surface area contributed by atoms with Crippen LogP contribution in [0.3, 0.4) is 0 Å². The van der Waals surface area contributed by atoms with Crippen molar-refractivity contribution in [1.82, 2.24) is 9.97 Å². The zero-order valence-corrected chi connectivity index (χ0v) is 18.0. The molecule has 0 bridgehead atoms. The van der Waals surface area contributed by atoms with E-state index in [2.05, 4.69) is 93.7 Å². The molecular weight excluding hydrogens is 444 g/mol. The lowest BCUT2D eigenvalue weighted by molar-refractivity contribution is 1.39. The zero-order chi connectivity index (χ0) is 20.5. The second-order valence-electron chi connectivity index (χ2n) is 8.01. The van der Waals surface area contributed by atoms with E-state index in [4.69, 9.17) is 4.98 Å². The number of rotatable bonds is 1. The van der Waals surface area contributed by atoms with E-state index < -0.39 is 0 Å². The number of hydrogen-bond donors (Lipinski definition) is 0. The van der Waals surface area contributed by atoms with Crippen LogP contribution in [0.4, 0.5) is 0 Å². The van der Waals surface area contributed by atoms with Gasteiger partial charge in [-0.2, -0.15) is 0 Å². The Bertz CT molecular complexity index is 1780. The number of halogens is 1. The average molecular weight is 459 g/mol. The van der Waals surface area contributed by atoms with Gasteiger partial charge < -0.3 is 0 Å². The predicted octanol–water partition coefficient (Wildman–Crippen LogP) is 8.11. The molecule has 0 aliphatic heterocycles. The summed E-state index contributed by atoms with van der Waals surface area (Å²) in [6.07, 6.45) is 3.75. The molecule has 0 aliphatic carbocycles. The molecule has 0 saturated carbocycles. The Hall–Kier alpha value is -3.56. The Kier molecular flexibility index (Phi) is 3.44. The Morgan fingerprint density at radius 2 is 1.29 bits per heavy atom. The monoisotopic (exact) mass is 458 g/mol. The van der Waals surface area contributed by atoms with Crippen LogP contribution < -0.4 is 0 Å². The van der Waals surface area contributed by atoms with Crippen molar-refractivity contribution >= 4 is 70.1 Å². The summed E-state index contributed by atoms with van der Waals surface area (Å²) in [5.74, 6) is 0. The average Bonchev–Trinajstić information content (AvgIpc) is 2.81. The molecule has 31 heavy (non-hydrogen) atoms. The smallest absolute Gasteiger partial charge is 0.0802 e. The minimum atomic E-state index is 0.973. The molecule has 0 radical (unpaired) electrons. The molecule has 0 N–H and O–H groups in total. The summed E-state index contributed by atoms with van der Waals surface area (Å²) >= 11 is 3.66. The highest BCUT2D eigenvalue weighted by Crippen LogP contribution is 2.42. The van der Waals surface area contributed by atoms with Crippen LogP contribution >= 0.6 is 15.9 Å². The van der Waals surface area contributed by atoms with Gasteiger partial charge in [0.25, 0.3) is 0 Å². The van der Waals surface area contributed by atoms with E-state index in [0.717, 1.165) is 26.3 Å². The Morgan fingerprint density at radius 1 is 0.548 bits per heavy atom. The van der Waals surface area contributed by atoms with Gasteiger partial charge in [0.1, 0.15) is 0 Å². The molecule has 3 heteroatoms. The van der Waals surface area contributed by atoms with Crippen molar-refractivity contribution in [2.24, 2.45) is 0 Å². The normalized spacial score (nSPS) is 12.0. The minimum absolute atomic E-state index is 0.973. The molecule has 7 aromatic rings. The molecule has 0 fully saturated rings. The number of aromatic nitrogens is 2. The third-order valence-electron chi connectivity index (χ3n) is 6.35. The first kappa shape index (κ1) is 17.2. The predicted molar refractivity (Wildman–Crippen MR) is 134 cm³/mol. The third-order valence-corrected chi connectivity index (χ3v) is 6.80. The lowest BCUT2D eigenvalue weighted by Crippen LogP contribution is -1.90. The fourth-order valence-electron chi connectivity index (χ4n) is 5.02.